The minimum absolute atomic E-state index is 0.0533. The number of nitrogens with zero attached hydrogens (tertiary/aromatic N) is 1. The molecular formula is C18H18FN3O4. The van der Waals surface area contributed by atoms with E-state index in [1.54, 1.807) is 6.08 Å². The van der Waals surface area contributed by atoms with E-state index < -0.39 is 16.8 Å². The van der Waals surface area contributed by atoms with Crippen molar-refractivity contribution in [2.24, 2.45) is 0 Å². The van der Waals surface area contributed by atoms with Gasteiger partial charge in [-0.1, -0.05) is 42.5 Å². The molecule has 0 unspecified atom stereocenters. The summed E-state index contributed by atoms with van der Waals surface area (Å²) in [5.74, 6) is -0.653. The third-order valence-corrected chi connectivity index (χ3v) is 3.43. The van der Waals surface area contributed by atoms with Crippen molar-refractivity contribution in [3.63, 3.8) is 0 Å². The first-order valence-corrected chi connectivity index (χ1v) is 7.82. The van der Waals surface area contributed by atoms with Gasteiger partial charge in [-0.3, -0.25) is 10.1 Å². The predicted molar refractivity (Wildman–Crippen MR) is 95.7 cm³/mol. The number of alkyl carbamates (subject to hydrolysis) is 1. The molecule has 0 atom stereocenters. The fraction of sp³-hybridized carbons (Fsp3) is 0.167. The van der Waals surface area contributed by atoms with Crippen molar-refractivity contribution in [1.29, 1.82) is 0 Å². The summed E-state index contributed by atoms with van der Waals surface area (Å²) in [6.07, 6.45) is 2.84. The number of nitrogens with two attached hydrogens (primary N) is 1. The van der Waals surface area contributed by atoms with Gasteiger partial charge >= 0.3 is 6.09 Å². The second-order valence-electron chi connectivity index (χ2n) is 5.37. The van der Waals surface area contributed by atoms with Gasteiger partial charge in [0.15, 0.2) is 0 Å². The molecule has 8 heteroatoms. The average molecular weight is 359 g/mol. The average Bonchev–Trinajstić information content (AvgIpc) is 2.61. The lowest BCUT2D eigenvalue weighted by Gasteiger charge is -2.06. The molecule has 3 N–H and O–H groups in total. The van der Waals surface area contributed by atoms with E-state index in [2.05, 4.69) is 5.32 Å². The minimum Gasteiger partial charge on any atom is -0.445 e. The van der Waals surface area contributed by atoms with Crippen LogP contribution in [-0.2, 0) is 11.3 Å². The Morgan fingerprint density at radius 1 is 1.31 bits per heavy atom. The van der Waals surface area contributed by atoms with Crippen molar-refractivity contribution in [2.75, 3.05) is 12.3 Å². The zero-order chi connectivity index (χ0) is 18.9. The smallest absolute Gasteiger partial charge is 0.407 e. The van der Waals surface area contributed by atoms with Crippen LogP contribution in [0.3, 0.4) is 0 Å². The van der Waals surface area contributed by atoms with Gasteiger partial charge in [0.05, 0.1) is 4.92 Å². The molecule has 2 aromatic carbocycles. The van der Waals surface area contributed by atoms with E-state index >= 15 is 0 Å². The van der Waals surface area contributed by atoms with Crippen LogP contribution in [0.25, 0.3) is 6.08 Å². The second kappa shape index (κ2) is 9.16. The number of nitrogen functional groups attached to an aromatic ring is 1. The maximum absolute atomic E-state index is 13.7. The molecule has 0 heterocycles. The quantitative estimate of drug-likeness (QED) is 0.340. The van der Waals surface area contributed by atoms with Crippen LogP contribution in [0.2, 0.25) is 0 Å². The molecule has 136 valence electrons. The van der Waals surface area contributed by atoms with Gasteiger partial charge < -0.3 is 15.8 Å². The Balaban J connectivity index is 1.78. The van der Waals surface area contributed by atoms with Crippen LogP contribution in [-0.4, -0.2) is 17.6 Å². The molecular weight excluding hydrogens is 341 g/mol. The van der Waals surface area contributed by atoms with Crippen LogP contribution in [0, 0.1) is 15.9 Å². The van der Waals surface area contributed by atoms with Crippen LogP contribution in [0.1, 0.15) is 17.5 Å². The van der Waals surface area contributed by atoms with Crippen molar-refractivity contribution < 1.29 is 18.8 Å². The molecule has 0 saturated carbocycles. The van der Waals surface area contributed by atoms with Gasteiger partial charge in [0.1, 0.15) is 18.1 Å². The van der Waals surface area contributed by atoms with E-state index in [4.69, 9.17) is 10.5 Å². The molecule has 0 aliphatic rings. The molecule has 0 spiro atoms. The number of amides is 1. The number of ether oxygens (including phenoxy) is 1. The monoisotopic (exact) mass is 359 g/mol. The molecule has 1 amide bonds. The maximum Gasteiger partial charge on any atom is 0.407 e. The number of nitro groups is 1. The lowest BCUT2D eigenvalue weighted by atomic mass is 10.1. The first-order valence-electron chi connectivity index (χ1n) is 7.82. The van der Waals surface area contributed by atoms with Crippen LogP contribution in [0.4, 0.5) is 20.6 Å². The number of nitro benzene ring substituents is 1. The van der Waals surface area contributed by atoms with Crippen LogP contribution in [0.15, 0.2) is 48.5 Å². The highest BCUT2D eigenvalue weighted by Crippen LogP contribution is 2.25. The van der Waals surface area contributed by atoms with Crippen LogP contribution in [0.5, 0.6) is 0 Å². The van der Waals surface area contributed by atoms with E-state index in [-0.39, 0.29) is 30.1 Å². The van der Waals surface area contributed by atoms with Crippen molar-refractivity contribution in [2.45, 2.75) is 13.0 Å². The summed E-state index contributed by atoms with van der Waals surface area (Å²) < 4.78 is 18.8. The number of anilines is 1. The Bertz CT molecular complexity index is 810. The summed E-state index contributed by atoms with van der Waals surface area (Å²) in [6, 6.07) is 11.2. The minimum atomic E-state index is -0.670. The van der Waals surface area contributed by atoms with E-state index in [0.29, 0.717) is 6.42 Å². The lowest BCUT2D eigenvalue weighted by Crippen LogP contribution is -2.24. The Morgan fingerprint density at radius 2 is 2.04 bits per heavy atom. The summed E-state index contributed by atoms with van der Waals surface area (Å²) in [6.45, 7) is 0.450. The summed E-state index contributed by atoms with van der Waals surface area (Å²) >= 11 is 0. The number of carbonyl (C=O) groups is 1. The van der Waals surface area contributed by atoms with Gasteiger partial charge in [-0.25, -0.2) is 9.18 Å². The zero-order valence-corrected chi connectivity index (χ0v) is 13.9. The van der Waals surface area contributed by atoms with Gasteiger partial charge in [-0.05, 0) is 12.0 Å². The highest BCUT2D eigenvalue weighted by molar-refractivity contribution is 5.67. The molecule has 0 aliphatic heterocycles. The van der Waals surface area contributed by atoms with Crippen LogP contribution < -0.4 is 11.1 Å². The number of benzene rings is 2. The summed E-state index contributed by atoms with van der Waals surface area (Å²) in [4.78, 5) is 21.7. The van der Waals surface area contributed by atoms with E-state index in [1.807, 2.05) is 30.3 Å². The first-order chi connectivity index (χ1) is 12.5. The number of hydrogen-bond acceptors (Lipinski definition) is 5. The zero-order valence-electron chi connectivity index (χ0n) is 13.9. The number of rotatable bonds is 7. The number of halogens is 1. The first kappa shape index (κ1) is 18.9. The molecule has 0 bridgehead atoms. The van der Waals surface area contributed by atoms with E-state index in [0.717, 1.165) is 17.7 Å². The second-order valence-corrected chi connectivity index (χ2v) is 5.37. The third kappa shape index (κ3) is 5.59. The van der Waals surface area contributed by atoms with Crippen molar-refractivity contribution in [3.8, 4) is 0 Å². The van der Waals surface area contributed by atoms with Gasteiger partial charge in [-0.15, -0.1) is 0 Å². The SMILES string of the molecule is Nc1cc(F)c(C=CCCNC(=O)OCc2ccccc2)cc1[N+](=O)[O-]. The predicted octanol–water partition coefficient (Wildman–Crippen LogP) is 3.65. The summed E-state index contributed by atoms with van der Waals surface area (Å²) in [7, 11) is 0. The molecule has 26 heavy (non-hydrogen) atoms. The molecule has 2 aromatic rings. The molecule has 0 saturated heterocycles. The lowest BCUT2D eigenvalue weighted by molar-refractivity contribution is -0.384. The van der Waals surface area contributed by atoms with Crippen LogP contribution >= 0.6 is 0 Å². The van der Waals surface area contributed by atoms with E-state index in [9.17, 15) is 19.3 Å². The normalized spacial score (nSPS) is 10.7. The fourth-order valence-corrected chi connectivity index (χ4v) is 2.12. The Labute approximate surface area is 149 Å². The van der Waals surface area contributed by atoms with Crippen molar-refractivity contribution in [3.05, 3.63) is 75.6 Å². The van der Waals surface area contributed by atoms with Gasteiger partial charge in [0.25, 0.3) is 5.69 Å². The fourth-order valence-electron chi connectivity index (χ4n) is 2.12. The number of nitrogens with one attached hydrogen (secondary N) is 1. The highest BCUT2D eigenvalue weighted by Gasteiger charge is 2.14. The van der Waals surface area contributed by atoms with Crippen molar-refractivity contribution >= 4 is 23.5 Å². The van der Waals surface area contributed by atoms with Crippen molar-refractivity contribution in [1.82, 2.24) is 5.32 Å². The Hall–Kier alpha value is -3.42. The topological polar surface area (TPSA) is 107 Å². The largest absolute Gasteiger partial charge is 0.445 e. The summed E-state index contributed by atoms with van der Waals surface area (Å²) in [5.41, 5.74) is 5.75. The molecule has 2 rings (SSSR count). The Morgan fingerprint density at radius 3 is 2.73 bits per heavy atom. The molecule has 0 aromatic heterocycles. The standard InChI is InChI=1S/C18H18FN3O4/c19-15-11-16(20)17(22(24)25)10-14(15)8-4-5-9-21-18(23)26-12-13-6-2-1-3-7-13/h1-4,6-8,10-11H,5,9,12,20H2,(H,21,23). The van der Waals surface area contributed by atoms with Gasteiger partial charge in [0, 0.05) is 24.2 Å². The summed E-state index contributed by atoms with van der Waals surface area (Å²) in [5, 5.41) is 13.4. The maximum atomic E-state index is 13.7. The van der Waals surface area contributed by atoms with Gasteiger partial charge in [0.2, 0.25) is 0 Å². The number of carbonyl (C=O) groups excluding carboxylic acids is 1. The molecule has 0 radical (unpaired) electrons. The highest BCUT2D eigenvalue weighted by atomic mass is 19.1. The van der Waals surface area contributed by atoms with Gasteiger partial charge in [-0.2, -0.15) is 0 Å². The number of hydrogen-bond donors (Lipinski definition) is 2. The molecule has 0 aliphatic carbocycles. The molecule has 0 fully saturated rings. The third-order valence-electron chi connectivity index (χ3n) is 3.43. The van der Waals surface area contributed by atoms with E-state index in [1.165, 1.54) is 6.08 Å². The molecule has 7 nitrogen and oxygen atoms in total. The Kier molecular flexibility index (Phi) is 6.67.